The van der Waals surface area contributed by atoms with Crippen LogP contribution in [0, 0.1) is 5.82 Å². The molecule has 6 heteroatoms. The molecule has 0 spiro atoms. The number of hydrogen-bond donors (Lipinski definition) is 2. The number of anilines is 1. The minimum absolute atomic E-state index is 0.166. The molecule has 2 rings (SSSR count). The van der Waals surface area contributed by atoms with Crippen LogP contribution in [0.5, 0.6) is 5.75 Å². The average Bonchev–Trinajstić information content (AvgIpc) is 2.54. The molecule has 0 unspecified atom stereocenters. The Kier molecular flexibility index (Phi) is 2.59. The number of aromatic hydroxyl groups is 1. The quantitative estimate of drug-likeness (QED) is 0.845. The summed E-state index contributed by atoms with van der Waals surface area (Å²) < 4.78 is 14.9. The molecule has 84 valence electrons. The van der Waals surface area contributed by atoms with Crippen LogP contribution in [-0.4, -0.2) is 14.9 Å². The molecule has 0 saturated heterocycles. The lowest BCUT2D eigenvalue weighted by atomic mass is 10.1. The number of aryl methyl sites for hydroxylation is 1. The molecule has 0 bridgehead atoms. The van der Waals surface area contributed by atoms with Crippen LogP contribution in [0.4, 0.5) is 10.2 Å². The van der Waals surface area contributed by atoms with E-state index in [0.29, 0.717) is 16.9 Å². The van der Waals surface area contributed by atoms with Crippen LogP contribution >= 0.6 is 15.9 Å². The Bertz CT molecular complexity index is 553. The lowest BCUT2D eigenvalue weighted by molar-refractivity contribution is 0.470. The van der Waals surface area contributed by atoms with Crippen molar-refractivity contribution in [1.82, 2.24) is 9.78 Å². The van der Waals surface area contributed by atoms with E-state index in [1.165, 1.54) is 16.9 Å². The fourth-order valence-corrected chi connectivity index (χ4v) is 1.75. The van der Waals surface area contributed by atoms with E-state index >= 15 is 0 Å². The van der Waals surface area contributed by atoms with E-state index in [-0.39, 0.29) is 10.2 Å². The molecule has 0 fully saturated rings. The van der Waals surface area contributed by atoms with Gasteiger partial charge < -0.3 is 10.8 Å². The Hall–Kier alpha value is -1.56. The van der Waals surface area contributed by atoms with Crippen molar-refractivity contribution in [3.05, 3.63) is 28.6 Å². The van der Waals surface area contributed by atoms with Crippen molar-refractivity contribution < 1.29 is 9.50 Å². The van der Waals surface area contributed by atoms with E-state index in [2.05, 4.69) is 21.0 Å². The summed E-state index contributed by atoms with van der Waals surface area (Å²) in [4.78, 5) is 0. The zero-order valence-corrected chi connectivity index (χ0v) is 9.99. The third-order valence-electron chi connectivity index (χ3n) is 2.31. The summed E-state index contributed by atoms with van der Waals surface area (Å²) in [7, 11) is 1.69. The normalized spacial score (nSPS) is 10.7. The van der Waals surface area contributed by atoms with E-state index < -0.39 is 5.82 Å². The molecule has 3 N–H and O–H groups in total. The standard InChI is InChI=1S/C10H9BrFN3O/c1-15-10(13)6(4-14-15)5-2-7(11)8(12)3-9(5)16/h2-4,16H,13H2,1H3. The van der Waals surface area contributed by atoms with Gasteiger partial charge in [-0.1, -0.05) is 0 Å². The minimum Gasteiger partial charge on any atom is -0.507 e. The van der Waals surface area contributed by atoms with Gasteiger partial charge in [0.25, 0.3) is 0 Å². The van der Waals surface area contributed by atoms with Gasteiger partial charge in [-0.15, -0.1) is 0 Å². The minimum atomic E-state index is -0.524. The van der Waals surface area contributed by atoms with Crippen LogP contribution in [0.2, 0.25) is 0 Å². The molecule has 16 heavy (non-hydrogen) atoms. The second kappa shape index (κ2) is 3.79. The van der Waals surface area contributed by atoms with Crippen molar-refractivity contribution in [2.75, 3.05) is 5.73 Å². The Balaban J connectivity index is 2.65. The second-order valence-electron chi connectivity index (χ2n) is 3.35. The third-order valence-corrected chi connectivity index (χ3v) is 2.92. The lowest BCUT2D eigenvalue weighted by Gasteiger charge is -2.05. The van der Waals surface area contributed by atoms with E-state index in [1.807, 2.05) is 0 Å². The van der Waals surface area contributed by atoms with Gasteiger partial charge in [0, 0.05) is 24.2 Å². The largest absolute Gasteiger partial charge is 0.507 e. The predicted molar refractivity (Wildman–Crippen MR) is 62.4 cm³/mol. The van der Waals surface area contributed by atoms with Gasteiger partial charge in [-0.2, -0.15) is 5.10 Å². The maximum Gasteiger partial charge on any atom is 0.141 e. The van der Waals surface area contributed by atoms with Crippen LogP contribution in [-0.2, 0) is 7.05 Å². The maximum absolute atomic E-state index is 13.1. The Morgan fingerprint density at radius 1 is 1.44 bits per heavy atom. The highest BCUT2D eigenvalue weighted by Gasteiger charge is 2.14. The Labute approximate surface area is 99.6 Å². The summed E-state index contributed by atoms with van der Waals surface area (Å²) in [6.07, 6.45) is 1.52. The summed E-state index contributed by atoms with van der Waals surface area (Å²) in [6, 6.07) is 2.50. The van der Waals surface area contributed by atoms with Gasteiger partial charge in [0.2, 0.25) is 0 Å². The van der Waals surface area contributed by atoms with Crippen molar-refractivity contribution >= 4 is 21.7 Å². The molecule has 0 aliphatic rings. The molecule has 0 saturated carbocycles. The highest BCUT2D eigenvalue weighted by atomic mass is 79.9. The summed E-state index contributed by atoms with van der Waals surface area (Å²) in [5.74, 6) is -0.280. The van der Waals surface area contributed by atoms with Gasteiger partial charge in [-0.05, 0) is 22.0 Å². The number of nitrogen functional groups attached to an aromatic ring is 1. The molecule has 2 aromatic rings. The van der Waals surface area contributed by atoms with Crippen molar-refractivity contribution in [1.29, 1.82) is 0 Å². The molecule has 4 nitrogen and oxygen atoms in total. The van der Waals surface area contributed by atoms with Gasteiger partial charge >= 0.3 is 0 Å². The first kappa shape index (κ1) is 10.9. The molecule has 1 heterocycles. The smallest absolute Gasteiger partial charge is 0.141 e. The summed E-state index contributed by atoms with van der Waals surface area (Å²) in [5, 5.41) is 13.6. The van der Waals surface area contributed by atoms with E-state index in [0.717, 1.165) is 6.07 Å². The lowest BCUT2D eigenvalue weighted by Crippen LogP contribution is -1.98. The molecule has 0 amide bonds. The summed E-state index contributed by atoms with van der Waals surface area (Å²) in [6.45, 7) is 0. The molecular formula is C10H9BrFN3O. The molecular weight excluding hydrogens is 277 g/mol. The number of aromatic nitrogens is 2. The topological polar surface area (TPSA) is 64.1 Å². The average molecular weight is 286 g/mol. The van der Waals surface area contributed by atoms with Crippen LogP contribution in [0.1, 0.15) is 0 Å². The number of nitrogens with zero attached hydrogens (tertiary/aromatic N) is 2. The first-order valence-corrected chi connectivity index (χ1v) is 5.26. The Morgan fingerprint density at radius 2 is 2.12 bits per heavy atom. The van der Waals surface area contributed by atoms with Gasteiger partial charge in [-0.3, -0.25) is 4.68 Å². The van der Waals surface area contributed by atoms with Gasteiger partial charge in [0.1, 0.15) is 17.4 Å². The van der Waals surface area contributed by atoms with E-state index in [1.54, 1.807) is 7.05 Å². The molecule has 1 aromatic carbocycles. The summed E-state index contributed by atoms with van der Waals surface area (Å²) >= 11 is 3.05. The molecule has 1 aromatic heterocycles. The van der Waals surface area contributed by atoms with Crippen molar-refractivity contribution in [2.45, 2.75) is 0 Å². The second-order valence-corrected chi connectivity index (χ2v) is 4.20. The number of benzene rings is 1. The number of phenolic OH excluding ortho intramolecular Hbond substituents is 1. The Morgan fingerprint density at radius 3 is 2.69 bits per heavy atom. The van der Waals surface area contributed by atoms with Crippen molar-refractivity contribution in [3.63, 3.8) is 0 Å². The number of hydrogen-bond acceptors (Lipinski definition) is 3. The fraction of sp³-hybridized carbons (Fsp3) is 0.100. The zero-order chi connectivity index (χ0) is 11.9. The van der Waals surface area contributed by atoms with Crippen LogP contribution in [0.25, 0.3) is 11.1 Å². The number of nitrogens with two attached hydrogens (primary N) is 1. The summed E-state index contributed by atoms with van der Waals surface area (Å²) in [5.41, 5.74) is 6.79. The van der Waals surface area contributed by atoms with Crippen LogP contribution in [0.3, 0.4) is 0 Å². The first-order valence-electron chi connectivity index (χ1n) is 4.46. The number of phenols is 1. The molecule has 0 aliphatic heterocycles. The third kappa shape index (κ3) is 1.65. The predicted octanol–water partition coefficient (Wildman–Crippen LogP) is 2.28. The van der Waals surface area contributed by atoms with E-state index in [9.17, 15) is 9.50 Å². The molecule has 0 radical (unpaired) electrons. The number of halogens is 2. The van der Waals surface area contributed by atoms with E-state index in [4.69, 9.17) is 5.73 Å². The maximum atomic E-state index is 13.1. The van der Waals surface area contributed by atoms with Crippen molar-refractivity contribution in [2.24, 2.45) is 7.05 Å². The SMILES string of the molecule is Cn1ncc(-c2cc(Br)c(F)cc2O)c1N. The van der Waals surface area contributed by atoms with Gasteiger partial charge in [0.05, 0.1) is 10.7 Å². The highest BCUT2D eigenvalue weighted by Crippen LogP contribution is 2.36. The number of rotatable bonds is 1. The highest BCUT2D eigenvalue weighted by molar-refractivity contribution is 9.10. The van der Waals surface area contributed by atoms with Gasteiger partial charge in [0.15, 0.2) is 0 Å². The van der Waals surface area contributed by atoms with Crippen LogP contribution in [0.15, 0.2) is 22.8 Å². The monoisotopic (exact) mass is 285 g/mol. The van der Waals surface area contributed by atoms with Crippen LogP contribution < -0.4 is 5.73 Å². The zero-order valence-electron chi connectivity index (χ0n) is 8.41. The van der Waals surface area contributed by atoms with Crippen molar-refractivity contribution in [3.8, 4) is 16.9 Å². The molecule has 0 aliphatic carbocycles. The van der Waals surface area contributed by atoms with Gasteiger partial charge in [-0.25, -0.2) is 4.39 Å². The fourth-order valence-electron chi connectivity index (χ4n) is 1.41. The molecule has 0 atom stereocenters. The first-order chi connectivity index (χ1) is 7.50.